The highest BCUT2D eigenvalue weighted by molar-refractivity contribution is 6.35. The van der Waals surface area contributed by atoms with Crippen molar-refractivity contribution in [3.63, 3.8) is 0 Å². The van der Waals surface area contributed by atoms with Crippen LogP contribution >= 0.6 is 34.8 Å². The molecule has 0 spiro atoms. The first-order chi connectivity index (χ1) is 10.9. The minimum Gasteiger partial charge on any atom is -0.507 e. The largest absolute Gasteiger partial charge is 0.507 e. The van der Waals surface area contributed by atoms with E-state index in [1.807, 2.05) is 0 Å². The number of amides is 1. The molecule has 2 N–H and O–H groups in total. The molecule has 2 aromatic rings. The van der Waals surface area contributed by atoms with Crippen molar-refractivity contribution in [2.24, 2.45) is 0 Å². The van der Waals surface area contributed by atoms with Crippen LogP contribution in [0.4, 0.5) is 5.69 Å². The van der Waals surface area contributed by atoms with Gasteiger partial charge in [0.15, 0.2) is 6.61 Å². The van der Waals surface area contributed by atoms with E-state index in [0.29, 0.717) is 15.7 Å². The van der Waals surface area contributed by atoms with E-state index in [-0.39, 0.29) is 16.3 Å². The number of aromatic hydroxyl groups is 1. The molecule has 2 aromatic carbocycles. The highest BCUT2D eigenvalue weighted by Crippen LogP contribution is 2.25. The predicted molar refractivity (Wildman–Crippen MR) is 88.5 cm³/mol. The van der Waals surface area contributed by atoms with Crippen molar-refractivity contribution in [3.8, 4) is 5.75 Å². The Bertz CT molecular complexity index is 764. The molecule has 0 radical (unpaired) electrons. The molecule has 8 heteroatoms. The first kappa shape index (κ1) is 17.4. The highest BCUT2D eigenvalue weighted by Gasteiger charge is 2.15. The molecule has 0 saturated carbocycles. The van der Waals surface area contributed by atoms with E-state index < -0.39 is 18.5 Å². The van der Waals surface area contributed by atoms with E-state index in [4.69, 9.17) is 39.5 Å². The van der Waals surface area contributed by atoms with Gasteiger partial charge in [0.05, 0.1) is 10.7 Å². The topological polar surface area (TPSA) is 75.6 Å². The van der Waals surface area contributed by atoms with E-state index in [1.54, 1.807) is 6.07 Å². The van der Waals surface area contributed by atoms with E-state index in [1.165, 1.54) is 30.3 Å². The Labute approximate surface area is 146 Å². The maximum absolute atomic E-state index is 11.8. The zero-order valence-electron chi connectivity index (χ0n) is 11.5. The van der Waals surface area contributed by atoms with E-state index in [0.717, 1.165) is 0 Å². The number of esters is 1. The third-order valence-electron chi connectivity index (χ3n) is 2.72. The van der Waals surface area contributed by atoms with E-state index in [2.05, 4.69) is 5.32 Å². The zero-order valence-corrected chi connectivity index (χ0v) is 13.7. The Morgan fingerprint density at radius 2 is 1.70 bits per heavy atom. The molecule has 1 amide bonds. The lowest BCUT2D eigenvalue weighted by molar-refractivity contribution is -0.119. The summed E-state index contributed by atoms with van der Waals surface area (Å²) < 4.78 is 4.82. The molecule has 0 aliphatic carbocycles. The van der Waals surface area contributed by atoms with Gasteiger partial charge in [0.2, 0.25) is 0 Å². The van der Waals surface area contributed by atoms with Gasteiger partial charge in [-0.05, 0) is 36.4 Å². The van der Waals surface area contributed by atoms with Crippen molar-refractivity contribution >= 4 is 52.4 Å². The number of ether oxygens (including phenoxy) is 1. The number of benzene rings is 2. The van der Waals surface area contributed by atoms with Crippen molar-refractivity contribution in [1.82, 2.24) is 0 Å². The number of hydrogen-bond donors (Lipinski definition) is 2. The second-order valence-electron chi connectivity index (χ2n) is 4.41. The predicted octanol–water partition coefficient (Wildman–Crippen LogP) is 4.15. The smallest absolute Gasteiger partial charge is 0.342 e. The fraction of sp³-hybridized carbons (Fsp3) is 0.0667. The molecule has 0 bridgehead atoms. The molecule has 0 atom stereocenters. The lowest BCUT2D eigenvalue weighted by atomic mass is 10.2. The van der Waals surface area contributed by atoms with Crippen LogP contribution in [0.15, 0.2) is 36.4 Å². The van der Waals surface area contributed by atoms with Crippen LogP contribution in [0.1, 0.15) is 10.4 Å². The zero-order chi connectivity index (χ0) is 17.0. The number of halogens is 3. The third-order valence-corrected chi connectivity index (χ3v) is 3.52. The number of carbonyl (C=O) groups excluding carboxylic acids is 2. The van der Waals surface area contributed by atoms with Crippen LogP contribution in [-0.2, 0) is 9.53 Å². The molecule has 5 nitrogen and oxygen atoms in total. The number of phenols is 1. The second-order valence-corrected chi connectivity index (χ2v) is 5.69. The van der Waals surface area contributed by atoms with Crippen molar-refractivity contribution in [2.75, 3.05) is 11.9 Å². The molecule has 0 aliphatic heterocycles. The number of carbonyl (C=O) groups is 2. The normalized spacial score (nSPS) is 10.2. The number of hydrogen-bond acceptors (Lipinski definition) is 4. The van der Waals surface area contributed by atoms with Gasteiger partial charge in [-0.15, -0.1) is 0 Å². The van der Waals surface area contributed by atoms with E-state index >= 15 is 0 Å². The third kappa shape index (κ3) is 4.76. The van der Waals surface area contributed by atoms with Crippen molar-refractivity contribution in [3.05, 3.63) is 57.0 Å². The van der Waals surface area contributed by atoms with Crippen LogP contribution in [0, 0.1) is 0 Å². The summed E-state index contributed by atoms with van der Waals surface area (Å²) in [5.41, 5.74) is 0.164. The Kier molecular flexibility index (Phi) is 5.71. The molecule has 0 heterocycles. The molecular formula is C15H10Cl3NO4. The molecule has 0 fully saturated rings. The van der Waals surface area contributed by atoms with Gasteiger partial charge < -0.3 is 15.2 Å². The van der Waals surface area contributed by atoms with Crippen LogP contribution < -0.4 is 5.32 Å². The van der Waals surface area contributed by atoms with Gasteiger partial charge in [-0.1, -0.05) is 34.8 Å². The molecule has 0 aliphatic rings. The number of nitrogens with one attached hydrogen (secondary N) is 1. The standard InChI is InChI=1S/C15H10Cl3NO4/c16-8-2-4-13(20)10(5-8)15(22)23-7-14(21)19-12-6-9(17)1-3-11(12)18/h1-6,20H,7H2,(H,19,21). The fourth-order valence-electron chi connectivity index (χ4n) is 1.66. The van der Waals surface area contributed by atoms with Crippen molar-refractivity contribution in [2.45, 2.75) is 0 Å². The first-order valence-electron chi connectivity index (χ1n) is 6.27. The molecule has 0 unspecified atom stereocenters. The van der Waals surface area contributed by atoms with Gasteiger partial charge >= 0.3 is 5.97 Å². The van der Waals surface area contributed by atoms with Crippen LogP contribution in [0.2, 0.25) is 15.1 Å². The SMILES string of the molecule is O=C(COC(=O)c1cc(Cl)ccc1O)Nc1cc(Cl)ccc1Cl. The van der Waals surface area contributed by atoms with Crippen LogP contribution in [0.25, 0.3) is 0 Å². The maximum atomic E-state index is 11.8. The summed E-state index contributed by atoms with van der Waals surface area (Å²) >= 11 is 17.5. The summed E-state index contributed by atoms with van der Waals surface area (Å²) in [5, 5.41) is 13.0. The van der Waals surface area contributed by atoms with Crippen molar-refractivity contribution in [1.29, 1.82) is 0 Å². The Morgan fingerprint density at radius 3 is 2.43 bits per heavy atom. The minimum atomic E-state index is -0.877. The molecular weight excluding hydrogens is 365 g/mol. The molecule has 0 saturated heterocycles. The van der Waals surface area contributed by atoms with Crippen LogP contribution in [0.5, 0.6) is 5.75 Å². The van der Waals surface area contributed by atoms with Gasteiger partial charge in [-0.3, -0.25) is 4.79 Å². The molecule has 23 heavy (non-hydrogen) atoms. The second kappa shape index (κ2) is 7.55. The summed E-state index contributed by atoms with van der Waals surface area (Å²) in [6, 6.07) is 8.47. The number of rotatable bonds is 4. The lowest BCUT2D eigenvalue weighted by Crippen LogP contribution is -2.21. The highest BCUT2D eigenvalue weighted by atomic mass is 35.5. The molecule has 2 rings (SSSR count). The summed E-state index contributed by atoms with van der Waals surface area (Å²) in [7, 11) is 0. The average molecular weight is 375 g/mol. The number of phenolic OH excluding ortho intramolecular Hbond substituents is 1. The van der Waals surface area contributed by atoms with Gasteiger partial charge in [-0.2, -0.15) is 0 Å². The summed E-state index contributed by atoms with van der Waals surface area (Å²) in [6.07, 6.45) is 0. The summed E-state index contributed by atoms with van der Waals surface area (Å²) in [5.74, 6) is -1.78. The Morgan fingerprint density at radius 1 is 1.04 bits per heavy atom. The van der Waals surface area contributed by atoms with Crippen molar-refractivity contribution < 1.29 is 19.4 Å². The lowest BCUT2D eigenvalue weighted by Gasteiger charge is -2.09. The summed E-state index contributed by atoms with van der Waals surface area (Å²) in [4.78, 5) is 23.6. The monoisotopic (exact) mass is 373 g/mol. The molecule has 0 aromatic heterocycles. The number of anilines is 1. The van der Waals surface area contributed by atoms with Gasteiger partial charge in [0, 0.05) is 10.0 Å². The van der Waals surface area contributed by atoms with Gasteiger partial charge in [-0.25, -0.2) is 4.79 Å². The van der Waals surface area contributed by atoms with Gasteiger partial charge in [0.1, 0.15) is 11.3 Å². The summed E-state index contributed by atoms with van der Waals surface area (Å²) in [6.45, 7) is -0.562. The Hall–Kier alpha value is -1.95. The van der Waals surface area contributed by atoms with Crippen LogP contribution in [0.3, 0.4) is 0 Å². The quantitative estimate of drug-likeness (QED) is 0.788. The Balaban J connectivity index is 1.97. The molecule has 120 valence electrons. The van der Waals surface area contributed by atoms with E-state index in [9.17, 15) is 14.7 Å². The van der Waals surface area contributed by atoms with Gasteiger partial charge in [0.25, 0.3) is 5.91 Å². The maximum Gasteiger partial charge on any atom is 0.342 e. The first-order valence-corrected chi connectivity index (χ1v) is 7.41. The minimum absolute atomic E-state index is 0.133. The van der Waals surface area contributed by atoms with Crippen LogP contribution in [-0.4, -0.2) is 23.6 Å². The average Bonchev–Trinajstić information content (AvgIpc) is 2.51. The fourth-order valence-corrected chi connectivity index (χ4v) is 2.17.